The van der Waals surface area contributed by atoms with Crippen molar-refractivity contribution in [1.29, 1.82) is 0 Å². The van der Waals surface area contributed by atoms with Gasteiger partial charge in [0.05, 0.1) is 27.9 Å². The molecule has 2 amide bonds. The summed E-state index contributed by atoms with van der Waals surface area (Å²) < 4.78 is 41.2. The summed E-state index contributed by atoms with van der Waals surface area (Å²) in [5.41, 5.74) is 1.65. The number of anilines is 2. The number of benzene rings is 4. The van der Waals surface area contributed by atoms with Gasteiger partial charge in [-0.3, -0.25) is 13.9 Å². The number of para-hydroxylation sites is 2. The Balaban J connectivity index is 1.56. The summed E-state index contributed by atoms with van der Waals surface area (Å²) >= 11 is 0. The SMILES string of the molecule is C[C@H](NC(=O)c1ccccc1NC(=O)CN(c1ccccc1)S(=O)(=O)c1ccc(F)cc1)c1ccccc1. The molecule has 0 unspecified atom stereocenters. The summed E-state index contributed by atoms with van der Waals surface area (Å²) in [6, 6.07) is 28.2. The molecule has 0 bridgehead atoms. The molecule has 0 heterocycles. The highest BCUT2D eigenvalue weighted by Gasteiger charge is 2.28. The van der Waals surface area contributed by atoms with E-state index in [9.17, 15) is 22.4 Å². The van der Waals surface area contributed by atoms with Crippen LogP contribution >= 0.6 is 0 Å². The van der Waals surface area contributed by atoms with Gasteiger partial charge in [0.1, 0.15) is 12.4 Å². The van der Waals surface area contributed by atoms with Crippen molar-refractivity contribution in [2.45, 2.75) is 17.9 Å². The second-order valence-corrected chi connectivity index (χ2v) is 10.4. The van der Waals surface area contributed by atoms with E-state index in [1.165, 1.54) is 0 Å². The van der Waals surface area contributed by atoms with Crippen LogP contribution in [0.3, 0.4) is 0 Å². The maximum Gasteiger partial charge on any atom is 0.264 e. The third kappa shape index (κ3) is 6.24. The second kappa shape index (κ2) is 11.7. The van der Waals surface area contributed by atoms with Crippen LogP contribution in [0.4, 0.5) is 15.8 Å². The number of hydrogen-bond donors (Lipinski definition) is 2. The monoisotopic (exact) mass is 531 g/mol. The van der Waals surface area contributed by atoms with E-state index >= 15 is 0 Å². The average Bonchev–Trinajstić information content (AvgIpc) is 2.93. The van der Waals surface area contributed by atoms with E-state index < -0.39 is 34.2 Å². The zero-order valence-corrected chi connectivity index (χ0v) is 21.4. The minimum absolute atomic E-state index is 0.162. The summed E-state index contributed by atoms with van der Waals surface area (Å²) in [6.45, 7) is 1.28. The lowest BCUT2D eigenvalue weighted by molar-refractivity contribution is -0.114. The van der Waals surface area contributed by atoms with Crippen LogP contribution in [-0.4, -0.2) is 26.8 Å². The van der Waals surface area contributed by atoms with E-state index in [0.29, 0.717) is 0 Å². The molecule has 1 atom stereocenters. The number of sulfonamides is 1. The largest absolute Gasteiger partial charge is 0.345 e. The first kappa shape index (κ1) is 26.6. The van der Waals surface area contributed by atoms with Gasteiger partial charge in [-0.2, -0.15) is 0 Å². The molecule has 4 aromatic rings. The Morgan fingerprint density at radius 1 is 0.816 bits per heavy atom. The zero-order valence-electron chi connectivity index (χ0n) is 20.5. The van der Waals surface area contributed by atoms with E-state index in [4.69, 9.17) is 0 Å². The molecule has 0 saturated carbocycles. The molecule has 4 rings (SSSR count). The molecule has 4 aromatic carbocycles. The minimum atomic E-state index is -4.20. The Hall–Kier alpha value is -4.50. The van der Waals surface area contributed by atoms with Crippen LogP contribution in [0.25, 0.3) is 0 Å². The molecule has 0 radical (unpaired) electrons. The topological polar surface area (TPSA) is 95.6 Å². The van der Waals surface area contributed by atoms with Crippen molar-refractivity contribution in [3.8, 4) is 0 Å². The molecule has 0 spiro atoms. The first-order chi connectivity index (χ1) is 18.3. The molecular formula is C29H26FN3O4S. The molecule has 0 fully saturated rings. The Morgan fingerprint density at radius 2 is 1.39 bits per heavy atom. The lowest BCUT2D eigenvalue weighted by Crippen LogP contribution is -2.38. The van der Waals surface area contributed by atoms with Crippen molar-refractivity contribution in [3.05, 3.63) is 126 Å². The normalized spacial score (nSPS) is 11.8. The Bertz CT molecular complexity index is 1510. The fourth-order valence-corrected chi connectivity index (χ4v) is 5.27. The van der Waals surface area contributed by atoms with E-state index in [1.807, 2.05) is 37.3 Å². The van der Waals surface area contributed by atoms with Crippen LogP contribution < -0.4 is 14.9 Å². The summed E-state index contributed by atoms with van der Waals surface area (Å²) in [5, 5.41) is 5.59. The van der Waals surface area contributed by atoms with Crippen LogP contribution in [0.5, 0.6) is 0 Å². The number of halogens is 1. The van der Waals surface area contributed by atoms with Gasteiger partial charge in [0.15, 0.2) is 0 Å². The van der Waals surface area contributed by atoms with E-state index in [2.05, 4.69) is 10.6 Å². The van der Waals surface area contributed by atoms with Gasteiger partial charge in [0.25, 0.3) is 15.9 Å². The lowest BCUT2D eigenvalue weighted by atomic mass is 10.1. The highest BCUT2D eigenvalue weighted by atomic mass is 32.2. The summed E-state index contributed by atoms with van der Waals surface area (Å²) in [7, 11) is -4.20. The van der Waals surface area contributed by atoms with E-state index in [1.54, 1.807) is 54.6 Å². The Kier molecular flexibility index (Phi) is 8.18. The second-order valence-electron chi connectivity index (χ2n) is 8.50. The van der Waals surface area contributed by atoms with Crippen molar-refractivity contribution in [2.75, 3.05) is 16.2 Å². The van der Waals surface area contributed by atoms with Gasteiger partial charge in [-0.25, -0.2) is 12.8 Å². The highest BCUT2D eigenvalue weighted by molar-refractivity contribution is 7.92. The average molecular weight is 532 g/mol. The maximum atomic E-state index is 13.4. The fourth-order valence-electron chi connectivity index (χ4n) is 3.85. The molecule has 0 aromatic heterocycles. The van der Waals surface area contributed by atoms with Crippen LogP contribution in [0.2, 0.25) is 0 Å². The van der Waals surface area contributed by atoms with Gasteiger partial charge in [-0.1, -0.05) is 60.7 Å². The van der Waals surface area contributed by atoms with Gasteiger partial charge < -0.3 is 10.6 Å². The molecule has 194 valence electrons. The first-order valence-corrected chi connectivity index (χ1v) is 13.3. The van der Waals surface area contributed by atoms with Crippen molar-refractivity contribution in [1.82, 2.24) is 5.32 Å². The van der Waals surface area contributed by atoms with E-state index in [0.717, 1.165) is 34.1 Å². The van der Waals surface area contributed by atoms with Gasteiger partial charge in [0, 0.05) is 0 Å². The third-order valence-corrected chi connectivity index (χ3v) is 7.61. The first-order valence-electron chi connectivity index (χ1n) is 11.8. The van der Waals surface area contributed by atoms with Gasteiger partial charge in [-0.05, 0) is 61.0 Å². The molecule has 9 heteroatoms. The van der Waals surface area contributed by atoms with Crippen molar-refractivity contribution >= 4 is 33.2 Å². The van der Waals surface area contributed by atoms with Crippen LogP contribution in [0.15, 0.2) is 114 Å². The number of carbonyl (C=O) groups is 2. The van der Waals surface area contributed by atoms with Crippen LogP contribution in [-0.2, 0) is 14.8 Å². The predicted molar refractivity (Wildman–Crippen MR) is 145 cm³/mol. The number of carbonyl (C=O) groups excluding carboxylic acids is 2. The Morgan fingerprint density at radius 3 is 2.05 bits per heavy atom. The minimum Gasteiger partial charge on any atom is -0.345 e. The fraction of sp³-hybridized carbons (Fsp3) is 0.103. The number of nitrogens with one attached hydrogen (secondary N) is 2. The van der Waals surface area contributed by atoms with E-state index in [-0.39, 0.29) is 27.9 Å². The standard InChI is InChI=1S/C29H26FN3O4S/c1-21(22-10-4-2-5-11-22)31-29(35)26-14-8-9-15-27(26)32-28(34)20-33(24-12-6-3-7-13-24)38(36,37)25-18-16-23(30)17-19-25/h2-19,21H,20H2,1H3,(H,31,35)(H,32,34)/t21-/m0/s1. The van der Waals surface area contributed by atoms with Gasteiger partial charge in [0.2, 0.25) is 5.91 Å². The molecule has 7 nitrogen and oxygen atoms in total. The van der Waals surface area contributed by atoms with Gasteiger partial charge in [-0.15, -0.1) is 0 Å². The molecule has 2 N–H and O–H groups in total. The predicted octanol–water partition coefficient (Wildman–Crippen LogP) is 5.15. The van der Waals surface area contributed by atoms with Crippen molar-refractivity contribution in [3.63, 3.8) is 0 Å². The summed E-state index contributed by atoms with van der Waals surface area (Å²) in [6.07, 6.45) is 0. The van der Waals surface area contributed by atoms with Crippen molar-refractivity contribution in [2.24, 2.45) is 0 Å². The number of rotatable bonds is 9. The van der Waals surface area contributed by atoms with Crippen LogP contribution in [0.1, 0.15) is 28.9 Å². The van der Waals surface area contributed by atoms with Crippen LogP contribution in [0, 0.1) is 5.82 Å². The molecule has 0 aliphatic heterocycles. The van der Waals surface area contributed by atoms with Crippen molar-refractivity contribution < 1.29 is 22.4 Å². The highest BCUT2D eigenvalue weighted by Crippen LogP contribution is 2.24. The van der Waals surface area contributed by atoms with Gasteiger partial charge >= 0.3 is 0 Å². The number of nitrogens with zero attached hydrogens (tertiary/aromatic N) is 1. The smallest absolute Gasteiger partial charge is 0.264 e. The zero-order chi connectivity index (χ0) is 27.1. The molecular weight excluding hydrogens is 505 g/mol. The maximum absolute atomic E-state index is 13.4. The quantitative estimate of drug-likeness (QED) is 0.312. The molecule has 38 heavy (non-hydrogen) atoms. The molecule has 0 saturated heterocycles. The number of hydrogen-bond acceptors (Lipinski definition) is 4. The Labute approximate surface area is 221 Å². The summed E-state index contributed by atoms with van der Waals surface area (Å²) in [5.74, 6) is -1.63. The number of amides is 2. The molecule has 0 aliphatic rings. The molecule has 0 aliphatic carbocycles. The summed E-state index contributed by atoms with van der Waals surface area (Å²) in [4.78, 5) is 26.0. The third-order valence-electron chi connectivity index (χ3n) is 5.83. The lowest BCUT2D eigenvalue weighted by Gasteiger charge is -2.24.